The molecule has 1 heterocycles. The number of hydrogen-bond donors (Lipinski definition) is 1. The molecule has 1 saturated carbocycles. The van der Waals surface area contributed by atoms with Crippen LogP contribution in [0.2, 0.25) is 0 Å². The highest BCUT2D eigenvalue weighted by Crippen LogP contribution is 2.38. The summed E-state index contributed by atoms with van der Waals surface area (Å²) in [5.74, 6) is -0.977. The van der Waals surface area contributed by atoms with Gasteiger partial charge in [-0.15, -0.1) is 0 Å². The zero-order valence-electron chi connectivity index (χ0n) is 12.1. The van der Waals surface area contributed by atoms with E-state index in [1.54, 1.807) is 6.07 Å². The molecule has 0 spiro atoms. The Morgan fingerprint density at radius 3 is 2.71 bits per heavy atom. The predicted molar refractivity (Wildman–Crippen MR) is 75.4 cm³/mol. The van der Waals surface area contributed by atoms with Crippen molar-refractivity contribution in [3.8, 4) is 0 Å². The highest BCUT2D eigenvalue weighted by molar-refractivity contribution is 5.81. The fourth-order valence-corrected chi connectivity index (χ4v) is 3.11. The molecule has 0 radical (unpaired) electrons. The molecule has 1 saturated heterocycles. The molecule has 2 aliphatic rings. The van der Waals surface area contributed by atoms with E-state index in [1.807, 2.05) is 4.90 Å². The Morgan fingerprint density at radius 1 is 1.33 bits per heavy atom. The van der Waals surface area contributed by atoms with E-state index in [9.17, 15) is 13.6 Å². The van der Waals surface area contributed by atoms with E-state index in [4.69, 9.17) is 0 Å². The molecule has 2 fully saturated rings. The predicted octanol–water partition coefficient (Wildman–Crippen LogP) is 2.97. The average Bonchev–Trinajstić information content (AvgIpc) is 3.21. The number of carbonyl (C=O) groups is 1. The van der Waals surface area contributed by atoms with Gasteiger partial charge in [-0.2, -0.15) is 0 Å². The molecule has 21 heavy (non-hydrogen) atoms. The molecule has 2 atom stereocenters. The minimum atomic E-state index is -0.871. The van der Waals surface area contributed by atoms with Crippen LogP contribution in [0.25, 0.3) is 0 Å². The minimum Gasteiger partial charge on any atom is -0.319 e. The van der Waals surface area contributed by atoms with Gasteiger partial charge in [0.2, 0.25) is 5.91 Å². The summed E-state index contributed by atoms with van der Waals surface area (Å²) in [5.41, 5.74) is 0.606. The van der Waals surface area contributed by atoms with E-state index < -0.39 is 11.6 Å². The highest BCUT2D eigenvalue weighted by Gasteiger charge is 2.38. The molecule has 114 valence electrons. The van der Waals surface area contributed by atoms with Crippen molar-refractivity contribution in [1.82, 2.24) is 10.2 Å². The second-order valence-electron chi connectivity index (χ2n) is 6.00. The summed E-state index contributed by atoms with van der Waals surface area (Å²) in [6, 6.07) is 4.02. The van der Waals surface area contributed by atoms with Crippen molar-refractivity contribution in [2.45, 2.75) is 44.8 Å². The Labute approximate surface area is 123 Å². The fourth-order valence-electron chi connectivity index (χ4n) is 3.11. The second-order valence-corrected chi connectivity index (χ2v) is 6.00. The van der Waals surface area contributed by atoms with Gasteiger partial charge in [-0.25, -0.2) is 8.78 Å². The molecule has 5 heteroatoms. The highest BCUT2D eigenvalue weighted by atomic mass is 19.2. The van der Waals surface area contributed by atoms with Gasteiger partial charge >= 0.3 is 0 Å². The fraction of sp³-hybridized carbons (Fsp3) is 0.562. The Balaban J connectivity index is 1.84. The Bertz CT molecular complexity index is 545. The van der Waals surface area contributed by atoms with Crippen molar-refractivity contribution < 1.29 is 13.6 Å². The maximum atomic E-state index is 13.5. The van der Waals surface area contributed by atoms with Gasteiger partial charge in [0.25, 0.3) is 0 Å². The first-order chi connectivity index (χ1) is 10.1. The zero-order chi connectivity index (χ0) is 15.0. The lowest BCUT2D eigenvalue weighted by Crippen LogP contribution is -2.39. The van der Waals surface area contributed by atoms with Gasteiger partial charge < -0.3 is 4.90 Å². The maximum absolute atomic E-state index is 13.5. The number of hydrogen-bond acceptors (Lipinski definition) is 2. The number of benzene rings is 1. The van der Waals surface area contributed by atoms with Crippen LogP contribution in [0.5, 0.6) is 0 Å². The number of amides is 1. The molecule has 1 aliphatic carbocycles. The third-order valence-electron chi connectivity index (χ3n) is 4.44. The van der Waals surface area contributed by atoms with Crippen LogP contribution in [0.3, 0.4) is 0 Å². The Kier molecular flexibility index (Phi) is 3.93. The van der Waals surface area contributed by atoms with Crippen LogP contribution in [0.4, 0.5) is 8.78 Å². The summed E-state index contributed by atoms with van der Waals surface area (Å²) in [6.07, 6.45) is 4.01. The first-order valence-corrected chi connectivity index (χ1v) is 7.59. The summed E-state index contributed by atoms with van der Waals surface area (Å²) < 4.78 is 26.5. The van der Waals surface area contributed by atoms with Crippen LogP contribution < -0.4 is 5.32 Å². The van der Waals surface area contributed by atoms with E-state index in [0.717, 1.165) is 18.9 Å². The molecular weight excluding hydrogens is 274 g/mol. The molecule has 0 aromatic heterocycles. The quantitative estimate of drug-likeness (QED) is 0.905. The third kappa shape index (κ3) is 2.93. The number of halogens is 2. The van der Waals surface area contributed by atoms with Crippen molar-refractivity contribution in [1.29, 1.82) is 0 Å². The van der Waals surface area contributed by atoms with Gasteiger partial charge in [-0.1, -0.05) is 25.8 Å². The Morgan fingerprint density at radius 2 is 2.10 bits per heavy atom. The topological polar surface area (TPSA) is 32.3 Å². The standard InChI is InChI=1S/C16H20F2N2O/c1-2-12(7-10-3-4-10)20-15(21)9-19-16(20)11-5-6-13(17)14(18)8-11/h5-6,8,10,12,16,19H,2-4,7,9H2,1H3. The summed E-state index contributed by atoms with van der Waals surface area (Å²) in [6.45, 7) is 2.33. The van der Waals surface area contributed by atoms with Gasteiger partial charge in [0, 0.05) is 6.04 Å². The number of rotatable bonds is 5. The van der Waals surface area contributed by atoms with E-state index in [0.29, 0.717) is 11.5 Å². The molecule has 2 unspecified atom stereocenters. The van der Waals surface area contributed by atoms with Crippen molar-refractivity contribution in [2.24, 2.45) is 5.92 Å². The summed E-state index contributed by atoms with van der Waals surface area (Å²) in [4.78, 5) is 14.0. The van der Waals surface area contributed by atoms with E-state index in [2.05, 4.69) is 12.2 Å². The average molecular weight is 294 g/mol. The van der Waals surface area contributed by atoms with Crippen LogP contribution in [-0.4, -0.2) is 23.4 Å². The minimum absolute atomic E-state index is 0.0391. The van der Waals surface area contributed by atoms with Crippen LogP contribution in [0.1, 0.15) is 44.3 Å². The lowest BCUT2D eigenvalue weighted by Gasteiger charge is -2.32. The van der Waals surface area contributed by atoms with Crippen LogP contribution >= 0.6 is 0 Å². The van der Waals surface area contributed by atoms with Crippen molar-refractivity contribution in [3.63, 3.8) is 0 Å². The largest absolute Gasteiger partial charge is 0.319 e. The SMILES string of the molecule is CCC(CC1CC1)N1C(=O)CNC1c1ccc(F)c(F)c1. The van der Waals surface area contributed by atoms with Crippen molar-refractivity contribution in [2.75, 3.05) is 6.54 Å². The van der Waals surface area contributed by atoms with Crippen LogP contribution in [-0.2, 0) is 4.79 Å². The first kappa shape index (κ1) is 14.4. The lowest BCUT2D eigenvalue weighted by molar-refractivity contribution is -0.130. The molecule has 1 amide bonds. The van der Waals surface area contributed by atoms with Crippen LogP contribution in [0, 0.1) is 17.6 Å². The monoisotopic (exact) mass is 294 g/mol. The summed E-state index contributed by atoms with van der Waals surface area (Å²) >= 11 is 0. The normalized spacial score (nSPS) is 23.7. The van der Waals surface area contributed by atoms with Gasteiger partial charge in [0.1, 0.15) is 6.17 Å². The lowest BCUT2D eigenvalue weighted by atomic mass is 10.0. The van der Waals surface area contributed by atoms with Gasteiger partial charge in [0.05, 0.1) is 6.54 Å². The maximum Gasteiger partial charge on any atom is 0.238 e. The molecule has 1 N–H and O–H groups in total. The molecule has 1 aromatic carbocycles. The van der Waals surface area contributed by atoms with E-state index in [1.165, 1.54) is 18.9 Å². The number of carbonyl (C=O) groups excluding carboxylic acids is 1. The van der Waals surface area contributed by atoms with E-state index >= 15 is 0 Å². The second kappa shape index (κ2) is 5.72. The van der Waals surface area contributed by atoms with Gasteiger partial charge in [-0.3, -0.25) is 10.1 Å². The number of nitrogens with one attached hydrogen (secondary N) is 1. The van der Waals surface area contributed by atoms with Gasteiger partial charge in [0.15, 0.2) is 11.6 Å². The van der Waals surface area contributed by atoms with Crippen LogP contribution in [0.15, 0.2) is 18.2 Å². The summed E-state index contributed by atoms with van der Waals surface area (Å²) in [5, 5.41) is 3.12. The Hall–Kier alpha value is -1.49. The summed E-state index contributed by atoms with van der Waals surface area (Å²) in [7, 11) is 0. The van der Waals surface area contributed by atoms with Crippen molar-refractivity contribution in [3.05, 3.63) is 35.4 Å². The molecule has 1 aromatic rings. The molecular formula is C16H20F2N2O. The first-order valence-electron chi connectivity index (χ1n) is 7.59. The molecule has 3 rings (SSSR count). The molecule has 3 nitrogen and oxygen atoms in total. The smallest absolute Gasteiger partial charge is 0.238 e. The molecule has 1 aliphatic heterocycles. The molecule has 0 bridgehead atoms. The van der Waals surface area contributed by atoms with Gasteiger partial charge in [-0.05, 0) is 36.5 Å². The third-order valence-corrected chi connectivity index (χ3v) is 4.44. The number of nitrogens with zero attached hydrogens (tertiary/aromatic N) is 1. The van der Waals surface area contributed by atoms with Crippen molar-refractivity contribution >= 4 is 5.91 Å². The zero-order valence-corrected chi connectivity index (χ0v) is 12.1. The van der Waals surface area contributed by atoms with E-state index in [-0.39, 0.29) is 24.7 Å².